The van der Waals surface area contributed by atoms with Gasteiger partial charge in [0.1, 0.15) is 5.60 Å². The standard InChI is InChI=1S/C21H31N3O3/c1-21(2,3)26-20(25)27-24-14-19(15-24)23-10-7-17-11-16(5-6-18(17)13-23)12-22-8-4-9-22/h5-6,11,19H,4,7-10,12-15H2,1-3H3. The molecule has 4 rings (SSSR count). The second-order valence-corrected chi connectivity index (χ2v) is 9.01. The number of hydrogen-bond donors (Lipinski definition) is 0. The minimum Gasteiger partial charge on any atom is -0.427 e. The molecule has 3 aliphatic rings. The topological polar surface area (TPSA) is 45.3 Å². The van der Waals surface area contributed by atoms with Gasteiger partial charge in [-0.2, -0.15) is 0 Å². The van der Waals surface area contributed by atoms with Crippen molar-refractivity contribution in [2.75, 3.05) is 32.7 Å². The van der Waals surface area contributed by atoms with E-state index in [0.717, 1.165) is 39.1 Å². The van der Waals surface area contributed by atoms with Crippen molar-refractivity contribution in [2.45, 2.75) is 58.3 Å². The van der Waals surface area contributed by atoms with E-state index in [-0.39, 0.29) is 0 Å². The predicted molar refractivity (Wildman–Crippen MR) is 103 cm³/mol. The van der Waals surface area contributed by atoms with Crippen molar-refractivity contribution in [3.63, 3.8) is 0 Å². The third-order valence-corrected chi connectivity index (χ3v) is 5.61. The lowest BCUT2D eigenvalue weighted by molar-refractivity contribution is -0.201. The van der Waals surface area contributed by atoms with Gasteiger partial charge in [-0.1, -0.05) is 18.2 Å². The van der Waals surface area contributed by atoms with Gasteiger partial charge in [0, 0.05) is 25.7 Å². The van der Waals surface area contributed by atoms with Crippen LogP contribution in [0, 0.1) is 0 Å². The molecule has 0 spiro atoms. The summed E-state index contributed by atoms with van der Waals surface area (Å²) in [5.41, 5.74) is 3.87. The van der Waals surface area contributed by atoms with Gasteiger partial charge >= 0.3 is 6.16 Å². The summed E-state index contributed by atoms with van der Waals surface area (Å²) in [4.78, 5) is 22.0. The highest BCUT2D eigenvalue weighted by atomic mass is 16.8. The number of fused-ring (bicyclic) bond motifs is 1. The Morgan fingerprint density at radius 2 is 1.93 bits per heavy atom. The molecule has 1 aromatic rings. The molecule has 0 bridgehead atoms. The Kier molecular flexibility index (Phi) is 5.14. The zero-order valence-electron chi connectivity index (χ0n) is 16.7. The molecule has 0 N–H and O–H groups in total. The maximum atomic E-state index is 11.7. The fraction of sp³-hybridized carbons (Fsp3) is 0.667. The Bertz CT molecular complexity index is 690. The van der Waals surface area contributed by atoms with Crippen molar-refractivity contribution >= 4 is 6.16 Å². The summed E-state index contributed by atoms with van der Waals surface area (Å²) in [5, 5.41) is 1.70. The molecule has 6 heteroatoms. The lowest BCUT2D eigenvalue weighted by Gasteiger charge is -2.45. The summed E-state index contributed by atoms with van der Waals surface area (Å²) in [5.74, 6) is 0. The molecule has 3 heterocycles. The van der Waals surface area contributed by atoms with E-state index in [4.69, 9.17) is 9.57 Å². The second kappa shape index (κ2) is 7.41. The third kappa shape index (κ3) is 4.62. The first kappa shape index (κ1) is 18.7. The zero-order chi connectivity index (χ0) is 19.0. The molecule has 0 radical (unpaired) electrons. The van der Waals surface area contributed by atoms with Crippen LogP contribution >= 0.6 is 0 Å². The van der Waals surface area contributed by atoms with Crippen molar-refractivity contribution in [1.82, 2.24) is 14.9 Å². The number of ether oxygens (including phenoxy) is 1. The molecule has 2 saturated heterocycles. The summed E-state index contributed by atoms with van der Waals surface area (Å²) in [7, 11) is 0. The molecule has 0 amide bonds. The Hall–Kier alpha value is -1.63. The molecule has 27 heavy (non-hydrogen) atoms. The van der Waals surface area contributed by atoms with Crippen LogP contribution in [0.3, 0.4) is 0 Å². The van der Waals surface area contributed by atoms with Crippen molar-refractivity contribution in [1.29, 1.82) is 0 Å². The molecule has 0 unspecified atom stereocenters. The quantitative estimate of drug-likeness (QED) is 0.757. The summed E-state index contributed by atoms with van der Waals surface area (Å²) in [6.45, 7) is 12.7. The van der Waals surface area contributed by atoms with Crippen LogP contribution in [-0.2, 0) is 29.1 Å². The Balaban J connectivity index is 1.25. The third-order valence-electron chi connectivity index (χ3n) is 5.61. The number of carbonyl (C=O) groups excluding carboxylic acids is 1. The fourth-order valence-corrected chi connectivity index (χ4v) is 3.93. The van der Waals surface area contributed by atoms with E-state index in [1.54, 1.807) is 5.06 Å². The number of hydroxylamine groups is 2. The van der Waals surface area contributed by atoms with Crippen molar-refractivity contribution in [2.24, 2.45) is 0 Å². The van der Waals surface area contributed by atoms with Gasteiger partial charge < -0.3 is 9.57 Å². The normalized spacial score (nSPS) is 21.9. The van der Waals surface area contributed by atoms with Crippen molar-refractivity contribution in [3.05, 3.63) is 34.9 Å². The Labute approximate surface area is 162 Å². The van der Waals surface area contributed by atoms with E-state index < -0.39 is 11.8 Å². The highest BCUT2D eigenvalue weighted by Crippen LogP contribution is 2.26. The lowest BCUT2D eigenvalue weighted by atomic mass is 9.95. The summed E-state index contributed by atoms with van der Waals surface area (Å²) in [6.07, 6.45) is 1.84. The molecule has 0 aliphatic carbocycles. The van der Waals surface area contributed by atoms with Crippen LogP contribution in [0.2, 0.25) is 0 Å². The Morgan fingerprint density at radius 1 is 1.15 bits per heavy atom. The molecule has 6 nitrogen and oxygen atoms in total. The van der Waals surface area contributed by atoms with Gasteiger partial charge in [0.05, 0.1) is 13.1 Å². The van der Waals surface area contributed by atoms with Gasteiger partial charge in [0.25, 0.3) is 0 Å². The molecule has 3 aliphatic heterocycles. The second-order valence-electron chi connectivity index (χ2n) is 9.01. The van der Waals surface area contributed by atoms with Gasteiger partial charge in [-0.05, 0) is 63.4 Å². The summed E-state index contributed by atoms with van der Waals surface area (Å²) >= 11 is 0. The van der Waals surface area contributed by atoms with E-state index in [0.29, 0.717) is 6.04 Å². The van der Waals surface area contributed by atoms with Gasteiger partial charge in [0.15, 0.2) is 0 Å². The maximum Gasteiger partial charge on any atom is 0.528 e. The van der Waals surface area contributed by atoms with Crippen molar-refractivity contribution < 1.29 is 14.4 Å². The zero-order valence-corrected chi connectivity index (χ0v) is 16.7. The van der Waals surface area contributed by atoms with Gasteiger partial charge in [-0.3, -0.25) is 9.80 Å². The molecule has 0 saturated carbocycles. The van der Waals surface area contributed by atoms with Gasteiger partial charge in [0.2, 0.25) is 0 Å². The van der Waals surface area contributed by atoms with Crippen LogP contribution in [0.15, 0.2) is 18.2 Å². The highest BCUT2D eigenvalue weighted by molar-refractivity contribution is 5.60. The van der Waals surface area contributed by atoms with E-state index in [9.17, 15) is 4.79 Å². The average molecular weight is 373 g/mol. The molecular formula is C21H31N3O3. The average Bonchev–Trinajstić information content (AvgIpc) is 2.52. The lowest BCUT2D eigenvalue weighted by Crippen LogP contribution is -2.60. The van der Waals surface area contributed by atoms with E-state index >= 15 is 0 Å². The van der Waals surface area contributed by atoms with Crippen LogP contribution in [-0.4, -0.2) is 65.4 Å². The van der Waals surface area contributed by atoms with Crippen LogP contribution in [0.5, 0.6) is 0 Å². The first-order valence-corrected chi connectivity index (χ1v) is 10.1. The van der Waals surface area contributed by atoms with Crippen LogP contribution in [0.25, 0.3) is 0 Å². The number of nitrogens with zero attached hydrogens (tertiary/aromatic N) is 3. The summed E-state index contributed by atoms with van der Waals surface area (Å²) in [6, 6.07) is 7.45. The smallest absolute Gasteiger partial charge is 0.427 e. The number of carbonyl (C=O) groups is 1. The minimum absolute atomic E-state index is 0.446. The minimum atomic E-state index is -0.611. The van der Waals surface area contributed by atoms with E-state index in [1.165, 1.54) is 36.2 Å². The molecule has 0 aromatic heterocycles. The number of likely N-dealkylation sites (tertiary alicyclic amines) is 1. The Morgan fingerprint density at radius 3 is 2.59 bits per heavy atom. The molecule has 148 valence electrons. The first-order valence-electron chi connectivity index (χ1n) is 10.1. The molecule has 1 aromatic carbocycles. The largest absolute Gasteiger partial charge is 0.528 e. The monoisotopic (exact) mass is 373 g/mol. The highest BCUT2D eigenvalue weighted by Gasteiger charge is 2.36. The summed E-state index contributed by atoms with van der Waals surface area (Å²) < 4.78 is 5.20. The van der Waals surface area contributed by atoms with Gasteiger partial charge in [-0.15, -0.1) is 5.06 Å². The van der Waals surface area contributed by atoms with Gasteiger partial charge in [-0.25, -0.2) is 4.79 Å². The first-order chi connectivity index (χ1) is 12.9. The SMILES string of the molecule is CC(C)(C)OC(=O)ON1CC(N2CCc3cc(CN4CCC4)ccc3C2)C1. The fourth-order valence-electron chi connectivity index (χ4n) is 3.93. The van der Waals surface area contributed by atoms with Crippen LogP contribution in [0.4, 0.5) is 4.79 Å². The van der Waals surface area contributed by atoms with E-state index in [2.05, 4.69) is 28.0 Å². The van der Waals surface area contributed by atoms with E-state index in [1.807, 2.05) is 20.8 Å². The predicted octanol–water partition coefficient (Wildman–Crippen LogP) is 2.80. The number of benzene rings is 1. The maximum absolute atomic E-state index is 11.7. The van der Waals surface area contributed by atoms with Crippen LogP contribution in [0.1, 0.15) is 43.9 Å². The molecule has 0 atom stereocenters. The van der Waals surface area contributed by atoms with Crippen molar-refractivity contribution in [3.8, 4) is 0 Å². The molecular weight excluding hydrogens is 342 g/mol. The molecule has 2 fully saturated rings. The van der Waals surface area contributed by atoms with Crippen LogP contribution < -0.4 is 0 Å². The number of rotatable bonds is 4. The number of hydrogen-bond acceptors (Lipinski definition) is 6.